The van der Waals surface area contributed by atoms with Gasteiger partial charge in [-0.25, -0.2) is 0 Å². The number of aromatic nitrogens is 1. The van der Waals surface area contributed by atoms with E-state index in [0.29, 0.717) is 17.6 Å². The number of halogens is 3. The van der Waals surface area contributed by atoms with Crippen molar-refractivity contribution in [2.45, 2.75) is 51.4 Å². The van der Waals surface area contributed by atoms with Crippen LogP contribution >= 0.6 is 0 Å². The van der Waals surface area contributed by atoms with Gasteiger partial charge in [-0.1, -0.05) is 19.1 Å². The predicted octanol–water partition coefficient (Wildman–Crippen LogP) is 5.46. The quantitative estimate of drug-likeness (QED) is 0.679. The van der Waals surface area contributed by atoms with Crippen molar-refractivity contribution in [3.63, 3.8) is 0 Å². The van der Waals surface area contributed by atoms with Gasteiger partial charge in [-0.05, 0) is 73.9 Å². The van der Waals surface area contributed by atoms with Gasteiger partial charge in [0.1, 0.15) is 5.75 Å². The third-order valence-corrected chi connectivity index (χ3v) is 5.45. The number of hydrogen-bond donors (Lipinski definition) is 1. The third kappa shape index (κ3) is 5.96. The molecule has 2 aromatic rings. The van der Waals surface area contributed by atoms with Crippen LogP contribution in [0.4, 0.5) is 13.2 Å². The zero-order valence-electron chi connectivity index (χ0n) is 16.1. The van der Waals surface area contributed by atoms with Crippen molar-refractivity contribution in [1.29, 1.82) is 0 Å². The van der Waals surface area contributed by atoms with Crippen molar-refractivity contribution >= 4 is 0 Å². The summed E-state index contributed by atoms with van der Waals surface area (Å²) >= 11 is 0. The van der Waals surface area contributed by atoms with Crippen LogP contribution < -0.4 is 10.1 Å². The fraction of sp³-hybridized carbons (Fsp3) is 0.500. The Labute approximate surface area is 164 Å². The maximum Gasteiger partial charge on any atom is 0.416 e. The largest absolute Gasteiger partial charge is 0.490 e. The van der Waals surface area contributed by atoms with Crippen LogP contribution in [0.15, 0.2) is 48.8 Å². The number of ether oxygens (including phenoxy) is 1. The molecule has 3 rings (SSSR count). The van der Waals surface area contributed by atoms with Gasteiger partial charge in [0.2, 0.25) is 0 Å². The van der Waals surface area contributed by atoms with E-state index in [1.54, 1.807) is 12.3 Å². The Hall–Kier alpha value is -2.08. The lowest BCUT2D eigenvalue weighted by molar-refractivity contribution is -0.137. The molecule has 0 bridgehead atoms. The molecule has 0 amide bonds. The summed E-state index contributed by atoms with van der Waals surface area (Å²) in [4.78, 5) is 4.12. The van der Waals surface area contributed by atoms with Crippen LogP contribution in [-0.4, -0.2) is 17.6 Å². The maximum atomic E-state index is 12.9. The molecular formula is C22H27F3N2O. The van der Waals surface area contributed by atoms with Gasteiger partial charge in [-0.2, -0.15) is 13.2 Å². The van der Waals surface area contributed by atoms with Gasteiger partial charge >= 0.3 is 6.18 Å². The highest BCUT2D eigenvalue weighted by Gasteiger charge is 2.31. The number of nitrogens with one attached hydrogen (secondary N) is 1. The van der Waals surface area contributed by atoms with E-state index in [0.717, 1.165) is 56.5 Å². The molecule has 28 heavy (non-hydrogen) atoms. The summed E-state index contributed by atoms with van der Waals surface area (Å²) in [5, 5.41) is 3.48. The Morgan fingerprint density at radius 1 is 1.21 bits per heavy atom. The summed E-state index contributed by atoms with van der Waals surface area (Å²) < 4.78 is 44.6. The molecule has 1 aliphatic carbocycles. The van der Waals surface area contributed by atoms with Crippen molar-refractivity contribution in [2.75, 3.05) is 6.54 Å². The topological polar surface area (TPSA) is 34.2 Å². The number of alkyl halides is 3. The molecule has 1 aromatic carbocycles. The Kier molecular flexibility index (Phi) is 6.94. The number of rotatable bonds is 7. The second-order valence-corrected chi connectivity index (χ2v) is 7.66. The molecule has 6 heteroatoms. The fourth-order valence-corrected chi connectivity index (χ4v) is 3.86. The molecule has 0 saturated heterocycles. The van der Waals surface area contributed by atoms with Crippen LogP contribution in [0.25, 0.3) is 0 Å². The Morgan fingerprint density at radius 2 is 2.07 bits per heavy atom. The molecular weight excluding hydrogens is 365 g/mol. The lowest BCUT2D eigenvalue weighted by atomic mass is 9.79. The summed E-state index contributed by atoms with van der Waals surface area (Å²) in [5.74, 6) is 1.29. The number of benzene rings is 1. The lowest BCUT2D eigenvalue weighted by Crippen LogP contribution is -2.33. The smallest absolute Gasteiger partial charge is 0.416 e. The van der Waals surface area contributed by atoms with Crippen molar-refractivity contribution in [2.24, 2.45) is 11.8 Å². The van der Waals surface area contributed by atoms with Gasteiger partial charge < -0.3 is 10.1 Å². The molecule has 3 unspecified atom stereocenters. The van der Waals surface area contributed by atoms with Gasteiger partial charge in [0, 0.05) is 18.9 Å². The van der Waals surface area contributed by atoms with Crippen LogP contribution in [0.1, 0.15) is 43.7 Å². The molecule has 152 valence electrons. The molecule has 1 N–H and O–H groups in total. The highest BCUT2D eigenvalue weighted by atomic mass is 19.4. The molecule has 1 aliphatic rings. The Balaban J connectivity index is 1.49. The van der Waals surface area contributed by atoms with Gasteiger partial charge in [0.25, 0.3) is 0 Å². The fourth-order valence-electron chi connectivity index (χ4n) is 3.86. The van der Waals surface area contributed by atoms with Crippen molar-refractivity contribution in [3.8, 4) is 5.75 Å². The van der Waals surface area contributed by atoms with E-state index in [2.05, 4.69) is 17.2 Å². The van der Waals surface area contributed by atoms with Crippen molar-refractivity contribution < 1.29 is 17.9 Å². The SMILES string of the molecule is CC(CNCc1cccnc1)C1CCCC(Oc2cccc(C(F)(F)F)c2)C1. The minimum absolute atomic E-state index is 0.0250. The molecule has 0 aliphatic heterocycles. The van der Waals surface area contributed by atoms with E-state index in [1.165, 1.54) is 6.07 Å². The zero-order valence-corrected chi connectivity index (χ0v) is 16.1. The van der Waals surface area contributed by atoms with Crippen molar-refractivity contribution in [3.05, 3.63) is 59.9 Å². The third-order valence-electron chi connectivity index (χ3n) is 5.45. The molecule has 1 heterocycles. The van der Waals surface area contributed by atoms with Gasteiger partial charge in [0.05, 0.1) is 11.7 Å². The minimum Gasteiger partial charge on any atom is -0.490 e. The van der Waals surface area contributed by atoms with E-state index in [-0.39, 0.29) is 6.10 Å². The van der Waals surface area contributed by atoms with Crippen LogP contribution in [0, 0.1) is 11.8 Å². The highest BCUT2D eigenvalue weighted by molar-refractivity contribution is 5.30. The number of pyridine rings is 1. The standard InChI is InChI=1S/C22H27F3N2O/c1-16(13-27-15-17-5-4-10-26-14-17)18-6-2-8-20(11-18)28-21-9-3-7-19(12-21)22(23,24)25/h3-5,7,9-10,12,14,16,18,20,27H,2,6,8,11,13,15H2,1H3. The summed E-state index contributed by atoms with van der Waals surface area (Å²) in [5.41, 5.74) is 0.495. The monoisotopic (exact) mass is 392 g/mol. The van der Waals surface area contributed by atoms with Gasteiger partial charge in [0.15, 0.2) is 0 Å². The van der Waals surface area contributed by atoms with Gasteiger partial charge in [-0.3, -0.25) is 4.98 Å². The number of nitrogens with zero attached hydrogens (tertiary/aromatic N) is 1. The van der Waals surface area contributed by atoms with E-state index in [9.17, 15) is 13.2 Å². The molecule has 3 nitrogen and oxygen atoms in total. The second-order valence-electron chi connectivity index (χ2n) is 7.66. The van der Waals surface area contributed by atoms with E-state index in [1.807, 2.05) is 18.3 Å². The molecule has 0 spiro atoms. The molecule has 1 aromatic heterocycles. The number of hydrogen-bond acceptors (Lipinski definition) is 3. The zero-order chi connectivity index (χ0) is 20.0. The first-order chi connectivity index (χ1) is 13.4. The highest BCUT2D eigenvalue weighted by Crippen LogP contribution is 2.35. The van der Waals surface area contributed by atoms with Crippen LogP contribution in [0.2, 0.25) is 0 Å². The predicted molar refractivity (Wildman–Crippen MR) is 103 cm³/mol. The van der Waals surface area contributed by atoms with E-state index >= 15 is 0 Å². The minimum atomic E-state index is -4.34. The Bertz CT molecular complexity index is 736. The second kappa shape index (κ2) is 9.41. The van der Waals surface area contributed by atoms with E-state index < -0.39 is 11.7 Å². The van der Waals surface area contributed by atoms with Crippen molar-refractivity contribution in [1.82, 2.24) is 10.3 Å². The summed E-state index contributed by atoms with van der Waals surface area (Å²) in [7, 11) is 0. The first-order valence-electron chi connectivity index (χ1n) is 9.85. The summed E-state index contributed by atoms with van der Waals surface area (Å²) in [6.07, 6.45) is 3.20. The Morgan fingerprint density at radius 3 is 2.82 bits per heavy atom. The lowest BCUT2D eigenvalue weighted by Gasteiger charge is -2.33. The molecule has 1 fully saturated rings. The average Bonchev–Trinajstić information content (AvgIpc) is 2.68. The first-order valence-corrected chi connectivity index (χ1v) is 9.85. The molecule has 1 saturated carbocycles. The summed E-state index contributed by atoms with van der Waals surface area (Å²) in [6, 6.07) is 9.16. The first kappa shape index (κ1) is 20.6. The van der Waals surface area contributed by atoms with E-state index in [4.69, 9.17) is 4.74 Å². The van der Waals surface area contributed by atoms with Crippen LogP contribution in [0.5, 0.6) is 5.75 Å². The maximum absolute atomic E-state index is 12.9. The van der Waals surface area contributed by atoms with Crippen LogP contribution in [-0.2, 0) is 12.7 Å². The van der Waals surface area contributed by atoms with Crippen LogP contribution in [0.3, 0.4) is 0 Å². The normalized spacial score (nSPS) is 21.3. The molecule has 0 radical (unpaired) electrons. The summed E-state index contributed by atoms with van der Waals surface area (Å²) in [6.45, 7) is 3.92. The average molecular weight is 392 g/mol. The van der Waals surface area contributed by atoms with Gasteiger partial charge in [-0.15, -0.1) is 0 Å². The molecule has 3 atom stereocenters.